The standard InChI is InChI=1S/C26H22N2O3/c29-18-20-10-12-25-22(16-20)13-15-28(25)14-5-4-6-19-9-11-23(21-7-2-1-3-8-21)24(17-19)27-26(30)31/h1-4,6-13,15-18,27H,5,14H2,(H,30,31)/b6-4+. The second-order valence-electron chi connectivity index (χ2n) is 7.24. The summed E-state index contributed by atoms with van der Waals surface area (Å²) in [6.07, 6.45) is 6.69. The lowest BCUT2D eigenvalue weighted by atomic mass is 10.0. The van der Waals surface area contributed by atoms with Crippen molar-refractivity contribution in [2.24, 2.45) is 0 Å². The normalized spacial score (nSPS) is 11.1. The lowest BCUT2D eigenvalue weighted by molar-refractivity contribution is 0.112. The van der Waals surface area contributed by atoms with E-state index in [-0.39, 0.29) is 0 Å². The number of rotatable bonds is 7. The zero-order valence-electron chi connectivity index (χ0n) is 16.9. The molecule has 0 atom stereocenters. The molecular weight excluding hydrogens is 388 g/mol. The first-order valence-corrected chi connectivity index (χ1v) is 10.0. The first-order valence-electron chi connectivity index (χ1n) is 10.0. The predicted molar refractivity (Wildman–Crippen MR) is 125 cm³/mol. The third-order valence-corrected chi connectivity index (χ3v) is 5.15. The molecule has 5 nitrogen and oxygen atoms in total. The summed E-state index contributed by atoms with van der Waals surface area (Å²) < 4.78 is 2.16. The molecule has 0 aliphatic carbocycles. The molecule has 31 heavy (non-hydrogen) atoms. The van der Waals surface area contributed by atoms with Crippen LogP contribution in [-0.2, 0) is 6.54 Å². The smallest absolute Gasteiger partial charge is 0.409 e. The number of amides is 1. The van der Waals surface area contributed by atoms with Crippen LogP contribution in [0.15, 0.2) is 85.1 Å². The van der Waals surface area contributed by atoms with Crippen LogP contribution in [0.1, 0.15) is 22.3 Å². The van der Waals surface area contributed by atoms with Crippen LogP contribution in [0.5, 0.6) is 0 Å². The summed E-state index contributed by atoms with van der Waals surface area (Å²) in [6, 6.07) is 23.2. The summed E-state index contributed by atoms with van der Waals surface area (Å²) in [4.78, 5) is 22.2. The number of aryl methyl sites for hydroxylation is 1. The Labute approximate surface area is 180 Å². The molecule has 0 aliphatic heterocycles. The van der Waals surface area contributed by atoms with Crippen LogP contribution in [0.2, 0.25) is 0 Å². The highest BCUT2D eigenvalue weighted by atomic mass is 16.4. The fourth-order valence-electron chi connectivity index (χ4n) is 3.67. The average Bonchev–Trinajstić information content (AvgIpc) is 3.19. The molecule has 0 bridgehead atoms. The number of carbonyl (C=O) groups excluding carboxylic acids is 1. The van der Waals surface area contributed by atoms with Crippen molar-refractivity contribution in [1.82, 2.24) is 4.57 Å². The van der Waals surface area contributed by atoms with E-state index in [1.807, 2.05) is 85.1 Å². The number of nitrogens with one attached hydrogen (secondary N) is 1. The monoisotopic (exact) mass is 410 g/mol. The van der Waals surface area contributed by atoms with Gasteiger partial charge >= 0.3 is 6.09 Å². The number of carboxylic acid groups (broad SMARTS) is 1. The highest BCUT2D eigenvalue weighted by Crippen LogP contribution is 2.29. The van der Waals surface area contributed by atoms with Gasteiger partial charge in [0.2, 0.25) is 0 Å². The van der Waals surface area contributed by atoms with Crippen molar-refractivity contribution in [1.29, 1.82) is 0 Å². The summed E-state index contributed by atoms with van der Waals surface area (Å²) in [7, 11) is 0. The number of hydrogen-bond donors (Lipinski definition) is 2. The van der Waals surface area contributed by atoms with E-state index in [1.165, 1.54) is 0 Å². The van der Waals surface area contributed by atoms with Gasteiger partial charge in [0.1, 0.15) is 6.29 Å². The van der Waals surface area contributed by atoms with Crippen LogP contribution in [0.25, 0.3) is 28.1 Å². The van der Waals surface area contributed by atoms with Crippen molar-refractivity contribution in [2.45, 2.75) is 13.0 Å². The third kappa shape index (κ3) is 4.73. The van der Waals surface area contributed by atoms with E-state index in [0.717, 1.165) is 46.8 Å². The van der Waals surface area contributed by atoms with E-state index in [4.69, 9.17) is 0 Å². The minimum Gasteiger partial charge on any atom is -0.465 e. The number of aldehydes is 1. The SMILES string of the molecule is O=Cc1ccc2c(ccn2CC/C=C/c2ccc(-c3ccccc3)c(NC(=O)O)c2)c1. The largest absolute Gasteiger partial charge is 0.465 e. The molecule has 4 aromatic rings. The lowest BCUT2D eigenvalue weighted by Gasteiger charge is -2.11. The van der Waals surface area contributed by atoms with Gasteiger partial charge in [-0.25, -0.2) is 4.79 Å². The van der Waals surface area contributed by atoms with Gasteiger partial charge in [-0.3, -0.25) is 10.1 Å². The van der Waals surface area contributed by atoms with Gasteiger partial charge < -0.3 is 9.67 Å². The van der Waals surface area contributed by atoms with Gasteiger partial charge in [-0.15, -0.1) is 0 Å². The Morgan fingerprint density at radius 1 is 0.968 bits per heavy atom. The molecule has 0 saturated heterocycles. The quantitative estimate of drug-likeness (QED) is 0.351. The highest BCUT2D eigenvalue weighted by Gasteiger charge is 2.08. The Hall–Kier alpha value is -4.12. The lowest BCUT2D eigenvalue weighted by Crippen LogP contribution is -2.08. The molecule has 0 unspecified atom stereocenters. The van der Waals surface area contributed by atoms with Crippen molar-refractivity contribution in [2.75, 3.05) is 5.32 Å². The van der Waals surface area contributed by atoms with Crippen LogP contribution in [-0.4, -0.2) is 22.1 Å². The highest BCUT2D eigenvalue weighted by molar-refractivity contribution is 5.91. The summed E-state index contributed by atoms with van der Waals surface area (Å²) in [5, 5.41) is 12.8. The summed E-state index contributed by atoms with van der Waals surface area (Å²) >= 11 is 0. The number of aromatic nitrogens is 1. The van der Waals surface area contributed by atoms with E-state index in [1.54, 1.807) is 0 Å². The predicted octanol–water partition coefficient (Wildman–Crippen LogP) is 6.31. The molecule has 0 saturated carbocycles. The number of nitrogens with zero attached hydrogens (tertiary/aromatic N) is 1. The zero-order valence-corrected chi connectivity index (χ0v) is 16.9. The Kier molecular flexibility index (Phi) is 5.94. The van der Waals surface area contributed by atoms with Gasteiger partial charge in [-0.1, -0.05) is 54.6 Å². The van der Waals surface area contributed by atoms with Crippen molar-refractivity contribution < 1.29 is 14.7 Å². The second kappa shape index (κ2) is 9.13. The molecule has 1 heterocycles. The first kappa shape index (κ1) is 20.2. The topological polar surface area (TPSA) is 71.3 Å². The molecule has 0 aliphatic rings. The van der Waals surface area contributed by atoms with Gasteiger partial charge in [0.25, 0.3) is 0 Å². The molecule has 154 valence electrons. The van der Waals surface area contributed by atoms with Gasteiger partial charge in [-0.2, -0.15) is 0 Å². The number of fused-ring (bicyclic) bond motifs is 1. The van der Waals surface area contributed by atoms with Gasteiger partial charge in [0.05, 0.1) is 5.69 Å². The second-order valence-corrected chi connectivity index (χ2v) is 7.24. The molecular formula is C26H22N2O3. The number of carbonyl (C=O) groups is 2. The minimum absolute atomic E-state index is 0.559. The Morgan fingerprint density at radius 2 is 1.77 bits per heavy atom. The number of anilines is 1. The maximum Gasteiger partial charge on any atom is 0.409 e. The van der Waals surface area contributed by atoms with Crippen LogP contribution >= 0.6 is 0 Å². The van der Waals surface area contributed by atoms with Crippen molar-refractivity contribution in [3.8, 4) is 11.1 Å². The van der Waals surface area contributed by atoms with E-state index in [2.05, 4.69) is 16.0 Å². The van der Waals surface area contributed by atoms with Crippen LogP contribution in [0.3, 0.4) is 0 Å². The Balaban J connectivity index is 1.49. The van der Waals surface area contributed by atoms with Crippen molar-refractivity contribution in [3.05, 3.63) is 96.2 Å². The maximum absolute atomic E-state index is 11.3. The number of hydrogen-bond acceptors (Lipinski definition) is 2. The van der Waals surface area contributed by atoms with Gasteiger partial charge in [0.15, 0.2) is 0 Å². The summed E-state index contributed by atoms with van der Waals surface area (Å²) in [6.45, 7) is 0.808. The molecule has 0 spiro atoms. The van der Waals surface area contributed by atoms with Crippen molar-refractivity contribution >= 4 is 35.0 Å². The molecule has 1 aromatic heterocycles. The van der Waals surface area contributed by atoms with E-state index in [9.17, 15) is 14.7 Å². The van der Waals surface area contributed by atoms with Gasteiger partial charge in [-0.05, 0) is 47.9 Å². The van der Waals surface area contributed by atoms with E-state index in [0.29, 0.717) is 11.3 Å². The fourth-order valence-corrected chi connectivity index (χ4v) is 3.67. The maximum atomic E-state index is 11.3. The van der Waals surface area contributed by atoms with Crippen LogP contribution in [0, 0.1) is 0 Å². The Morgan fingerprint density at radius 3 is 2.55 bits per heavy atom. The van der Waals surface area contributed by atoms with E-state index < -0.39 is 6.09 Å². The third-order valence-electron chi connectivity index (χ3n) is 5.15. The van der Waals surface area contributed by atoms with E-state index >= 15 is 0 Å². The molecule has 3 aromatic carbocycles. The summed E-state index contributed by atoms with van der Waals surface area (Å²) in [5.41, 5.74) is 5.06. The van der Waals surface area contributed by atoms with Gasteiger partial charge in [0, 0.05) is 34.8 Å². The first-order chi connectivity index (χ1) is 15.1. The minimum atomic E-state index is -1.09. The fraction of sp³-hybridized carbons (Fsp3) is 0.0769. The number of allylic oxidation sites excluding steroid dienone is 1. The summed E-state index contributed by atoms with van der Waals surface area (Å²) in [5.74, 6) is 0. The molecule has 4 rings (SSSR count). The molecule has 1 amide bonds. The zero-order chi connectivity index (χ0) is 21.6. The Bertz CT molecular complexity index is 1260. The number of benzene rings is 3. The van der Waals surface area contributed by atoms with Crippen molar-refractivity contribution in [3.63, 3.8) is 0 Å². The average molecular weight is 410 g/mol. The molecule has 2 N–H and O–H groups in total. The van der Waals surface area contributed by atoms with Crippen LogP contribution in [0.4, 0.5) is 10.5 Å². The molecule has 0 fully saturated rings. The van der Waals surface area contributed by atoms with Crippen LogP contribution < -0.4 is 5.32 Å². The molecule has 0 radical (unpaired) electrons. The molecule has 5 heteroatoms.